The minimum Gasteiger partial charge on any atom is -0.345 e. The highest BCUT2D eigenvalue weighted by Gasteiger charge is 2.16. The van der Waals surface area contributed by atoms with Crippen LogP contribution >= 0.6 is 15.9 Å². The van der Waals surface area contributed by atoms with Crippen LogP contribution in [0.1, 0.15) is 34.5 Å². The van der Waals surface area contributed by atoms with Crippen molar-refractivity contribution in [2.24, 2.45) is 0 Å². The molecular weight excluding hydrogens is 340 g/mol. The molecule has 0 aliphatic carbocycles. The van der Waals surface area contributed by atoms with Crippen molar-refractivity contribution < 1.29 is 13.6 Å². The van der Waals surface area contributed by atoms with E-state index < -0.39 is 11.7 Å². The molecule has 0 aromatic heterocycles. The van der Waals surface area contributed by atoms with Crippen molar-refractivity contribution in [3.8, 4) is 0 Å². The fourth-order valence-electron chi connectivity index (χ4n) is 1.92. The Hall–Kier alpha value is -1.75. The molecule has 0 aliphatic heterocycles. The van der Waals surface area contributed by atoms with Gasteiger partial charge in [0.15, 0.2) is 0 Å². The summed E-state index contributed by atoms with van der Waals surface area (Å²) in [5, 5.41) is 2.72. The molecule has 110 valence electrons. The summed E-state index contributed by atoms with van der Waals surface area (Å²) in [5.41, 5.74) is 1.40. The molecule has 21 heavy (non-hydrogen) atoms. The van der Waals surface area contributed by atoms with Crippen molar-refractivity contribution in [1.82, 2.24) is 5.32 Å². The van der Waals surface area contributed by atoms with Gasteiger partial charge >= 0.3 is 0 Å². The summed E-state index contributed by atoms with van der Waals surface area (Å²) in [6.45, 7) is 3.42. The lowest BCUT2D eigenvalue weighted by atomic mass is 10.1. The highest BCUT2D eigenvalue weighted by atomic mass is 79.9. The molecule has 2 rings (SSSR count). The Bertz CT molecular complexity index is 688. The lowest BCUT2D eigenvalue weighted by molar-refractivity contribution is 0.0938. The van der Waals surface area contributed by atoms with E-state index in [1.54, 1.807) is 26.0 Å². The molecule has 0 fully saturated rings. The van der Waals surface area contributed by atoms with Gasteiger partial charge in [0, 0.05) is 0 Å². The zero-order chi connectivity index (χ0) is 15.6. The third kappa shape index (κ3) is 3.47. The monoisotopic (exact) mass is 353 g/mol. The molecule has 0 aliphatic rings. The van der Waals surface area contributed by atoms with Gasteiger partial charge < -0.3 is 5.32 Å². The SMILES string of the molecule is Cc1ccc(C(C)NC(=O)c2cccc(F)c2Br)cc1F. The molecule has 0 saturated carbocycles. The molecule has 0 saturated heterocycles. The highest BCUT2D eigenvalue weighted by molar-refractivity contribution is 9.10. The molecule has 1 amide bonds. The molecular formula is C16H14BrF2NO. The standard InChI is InChI=1S/C16H14BrF2NO/c1-9-6-7-11(8-14(9)19)10(2)20-16(21)12-4-3-5-13(18)15(12)17/h3-8,10H,1-2H3,(H,20,21). The third-order valence-electron chi connectivity index (χ3n) is 3.24. The summed E-state index contributed by atoms with van der Waals surface area (Å²) in [7, 11) is 0. The Morgan fingerprint density at radius 3 is 2.57 bits per heavy atom. The largest absolute Gasteiger partial charge is 0.345 e. The molecule has 1 atom stereocenters. The first kappa shape index (κ1) is 15.6. The Morgan fingerprint density at radius 1 is 1.19 bits per heavy atom. The lowest BCUT2D eigenvalue weighted by Gasteiger charge is -2.15. The van der Waals surface area contributed by atoms with Gasteiger partial charge in [-0.05, 0) is 59.1 Å². The van der Waals surface area contributed by atoms with Gasteiger partial charge in [-0.2, -0.15) is 0 Å². The predicted molar refractivity (Wildman–Crippen MR) is 81.1 cm³/mol. The number of carbonyl (C=O) groups is 1. The molecule has 1 unspecified atom stereocenters. The van der Waals surface area contributed by atoms with E-state index in [1.807, 2.05) is 0 Å². The van der Waals surface area contributed by atoms with Crippen LogP contribution in [0.5, 0.6) is 0 Å². The smallest absolute Gasteiger partial charge is 0.253 e. The van der Waals surface area contributed by atoms with E-state index in [2.05, 4.69) is 21.2 Å². The Kier molecular flexibility index (Phi) is 4.73. The number of amides is 1. The number of nitrogens with one attached hydrogen (secondary N) is 1. The zero-order valence-electron chi connectivity index (χ0n) is 11.6. The number of hydrogen-bond acceptors (Lipinski definition) is 1. The lowest BCUT2D eigenvalue weighted by Crippen LogP contribution is -2.27. The number of aryl methyl sites for hydroxylation is 1. The topological polar surface area (TPSA) is 29.1 Å². The summed E-state index contributed by atoms with van der Waals surface area (Å²) >= 11 is 3.05. The van der Waals surface area contributed by atoms with Gasteiger partial charge in [0.1, 0.15) is 11.6 Å². The van der Waals surface area contributed by atoms with Crippen molar-refractivity contribution in [2.75, 3.05) is 0 Å². The van der Waals surface area contributed by atoms with Gasteiger partial charge in [0.05, 0.1) is 16.1 Å². The van der Waals surface area contributed by atoms with Gasteiger partial charge in [-0.15, -0.1) is 0 Å². The van der Waals surface area contributed by atoms with Crippen molar-refractivity contribution in [3.05, 3.63) is 69.2 Å². The van der Waals surface area contributed by atoms with E-state index in [0.29, 0.717) is 11.1 Å². The fourth-order valence-corrected chi connectivity index (χ4v) is 2.36. The van der Waals surface area contributed by atoms with Gasteiger partial charge in [0.25, 0.3) is 5.91 Å². The first-order valence-corrected chi connectivity index (χ1v) is 7.20. The average Bonchev–Trinajstić information content (AvgIpc) is 2.44. The summed E-state index contributed by atoms with van der Waals surface area (Å²) in [6, 6.07) is 8.66. The van der Waals surface area contributed by atoms with Crippen LogP contribution in [0.2, 0.25) is 0 Å². The maximum absolute atomic E-state index is 13.5. The van der Waals surface area contributed by atoms with Crippen molar-refractivity contribution >= 4 is 21.8 Å². The minimum absolute atomic E-state index is 0.116. The molecule has 2 aromatic rings. The van der Waals surface area contributed by atoms with E-state index in [4.69, 9.17) is 0 Å². The van der Waals surface area contributed by atoms with Crippen LogP contribution in [-0.2, 0) is 0 Å². The summed E-state index contributed by atoms with van der Waals surface area (Å²) in [6.07, 6.45) is 0. The second kappa shape index (κ2) is 6.35. The average molecular weight is 354 g/mol. The van der Waals surface area contributed by atoms with Crippen LogP contribution in [-0.4, -0.2) is 5.91 Å². The van der Waals surface area contributed by atoms with E-state index in [1.165, 1.54) is 24.3 Å². The van der Waals surface area contributed by atoms with Crippen LogP contribution in [0.15, 0.2) is 40.9 Å². The number of hydrogen-bond donors (Lipinski definition) is 1. The second-order valence-electron chi connectivity index (χ2n) is 4.81. The predicted octanol–water partition coefficient (Wildman–Crippen LogP) is 4.53. The van der Waals surface area contributed by atoms with Crippen LogP contribution < -0.4 is 5.32 Å². The first-order chi connectivity index (χ1) is 9.90. The zero-order valence-corrected chi connectivity index (χ0v) is 13.2. The Balaban J connectivity index is 2.18. The van der Waals surface area contributed by atoms with E-state index in [9.17, 15) is 13.6 Å². The van der Waals surface area contributed by atoms with Gasteiger partial charge in [-0.3, -0.25) is 4.79 Å². The summed E-state index contributed by atoms with van der Waals surface area (Å²) in [4.78, 5) is 12.2. The van der Waals surface area contributed by atoms with Crippen molar-refractivity contribution in [1.29, 1.82) is 0 Å². The first-order valence-electron chi connectivity index (χ1n) is 6.41. The quantitative estimate of drug-likeness (QED) is 0.862. The Labute approximate surface area is 130 Å². The molecule has 0 spiro atoms. The molecule has 1 N–H and O–H groups in total. The van der Waals surface area contributed by atoms with Crippen LogP contribution in [0, 0.1) is 18.6 Å². The molecule has 0 heterocycles. The van der Waals surface area contributed by atoms with Crippen LogP contribution in [0.3, 0.4) is 0 Å². The normalized spacial score (nSPS) is 12.0. The van der Waals surface area contributed by atoms with Crippen molar-refractivity contribution in [3.63, 3.8) is 0 Å². The molecule has 2 nitrogen and oxygen atoms in total. The van der Waals surface area contributed by atoms with E-state index >= 15 is 0 Å². The van der Waals surface area contributed by atoms with Crippen LogP contribution in [0.4, 0.5) is 8.78 Å². The molecule has 0 radical (unpaired) electrons. The van der Waals surface area contributed by atoms with Gasteiger partial charge in [0.2, 0.25) is 0 Å². The number of carbonyl (C=O) groups excluding carboxylic acids is 1. The summed E-state index contributed by atoms with van der Waals surface area (Å²) < 4.78 is 27.1. The molecule has 5 heteroatoms. The van der Waals surface area contributed by atoms with E-state index in [0.717, 1.165) is 0 Å². The van der Waals surface area contributed by atoms with Crippen molar-refractivity contribution in [2.45, 2.75) is 19.9 Å². The van der Waals surface area contributed by atoms with E-state index in [-0.39, 0.29) is 21.9 Å². The molecule has 0 bridgehead atoms. The maximum Gasteiger partial charge on any atom is 0.253 e. The van der Waals surface area contributed by atoms with Crippen LogP contribution in [0.25, 0.3) is 0 Å². The van der Waals surface area contributed by atoms with Gasteiger partial charge in [-0.1, -0.05) is 18.2 Å². The number of benzene rings is 2. The highest BCUT2D eigenvalue weighted by Crippen LogP contribution is 2.22. The van der Waals surface area contributed by atoms with Gasteiger partial charge in [-0.25, -0.2) is 8.78 Å². The fraction of sp³-hybridized carbons (Fsp3) is 0.188. The molecule has 2 aromatic carbocycles. The Morgan fingerprint density at radius 2 is 1.90 bits per heavy atom. The number of halogens is 3. The number of rotatable bonds is 3. The minimum atomic E-state index is -0.503. The summed E-state index contributed by atoms with van der Waals surface area (Å²) in [5.74, 6) is -1.24. The maximum atomic E-state index is 13.5. The third-order valence-corrected chi connectivity index (χ3v) is 4.05. The second-order valence-corrected chi connectivity index (χ2v) is 5.60.